The second-order valence-corrected chi connectivity index (χ2v) is 10.6. The van der Waals surface area contributed by atoms with E-state index in [1.54, 1.807) is 17.5 Å². The summed E-state index contributed by atoms with van der Waals surface area (Å²) in [6.45, 7) is 0. The predicted octanol–water partition coefficient (Wildman–Crippen LogP) is 8.78. The van der Waals surface area contributed by atoms with Crippen LogP contribution < -0.4 is 0 Å². The summed E-state index contributed by atoms with van der Waals surface area (Å²) in [6, 6.07) is 42.7. The summed E-state index contributed by atoms with van der Waals surface area (Å²) in [7, 11) is 0. The van der Waals surface area contributed by atoms with Crippen LogP contribution in [0.25, 0.3) is 70.7 Å². The van der Waals surface area contributed by atoms with Gasteiger partial charge in [0.25, 0.3) is 0 Å². The van der Waals surface area contributed by atoms with E-state index in [1.807, 2.05) is 42.7 Å². The SMILES string of the molecule is [Pt+2].[c-]1c(-c2ccccn2)cccc1-n1c2[c-]c(-c3nc4ccccc4s3)ccc2c2cccc(-c3cccnc3)c21. The monoisotopic (exact) mass is 723 g/mol. The fourth-order valence-corrected chi connectivity index (χ4v) is 6.30. The van der Waals surface area contributed by atoms with Crippen molar-refractivity contribution in [2.45, 2.75) is 0 Å². The predicted molar refractivity (Wildman–Crippen MR) is 164 cm³/mol. The van der Waals surface area contributed by atoms with Crippen LogP contribution in [0.2, 0.25) is 0 Å². The molecular weight excluding hydrogens is 704 g/mol. The zero-order valence-corrected chi connectivity index (χ0v) is 24.6. The molecule has 4 aromatic heterocycles. The van der Waals surface area contributed by atoms with Crippen LogP contribution in [0.3, 0.4) is 0 Å². The minimum Gasteiger partial charge on any atom is -0.345 e. The molecule has 0 saturated carbocycles. The number of nitrogens with zero attached hydrogens (tertiary/aromatic N) is 4. The number of hydrogen-bond acceptors (Lipinski definition) is 4. The van der Waals surface area contributed by atoms with Gasteiger partial charge in [-0.3, -0.25) is 9.97 Å². The Bertz CT molecular complexity index is 2140. The van der Waals surface area contributed by atoms with E-state index < -0.39 is 0 Å². The Hall–Kier alpha value is -4.44. The van der Waals surface area contributed by atoms with E-state index in [-0.39, 0.29) is 21.1 Å². The summed E-state index contributed by atoms with van der Waals surface area (Å²) in [5.41, 5.74) is 8.98. The number of pyridine rings is 2. The standard InChI is InChI=1S/C35H20N4S.Pt/c1-2-15-33-31(14-1)38-35(40-33)24-16-17-28-29-12-6-11-27(25-9-7-18-36-22-25)34(29)39(32(28)21-24)26-10-5-8-23(20-26)30-13-3-4-19-37-30;/h1-19,22H;/q-2;+2. The first-order valence-corrected chi connectivity index (χ1v) is 13.8. The normalized spacial score (nSPS) is 11.2. The van der Waals surface area contributed by atoms with E-state index in [1.165, 1.54) is 4.70 Å². The van der Waals surface area contributed by atoms with Gasteiger partial charge in [-0.25, -0.2) is 0 Å². The molecule has 0 spiro atoms. The fraction of sp³-hybridized carbons (Fsp3) is 0. The van der Waals surface area contributed by atoms with Crippen molar-refractivity contribution in [3.63, 3.8) is 0 Å². The average molecular weight is 724 g/mol. The number of fused-ring (bicyclic) bond motifs is 4. The third kappa shape index (κ3) is 4.39. The first-order chi connectivity index (χ1) is 19.8. The fourth-order valence-electron chi connectivity index (χ4n) is 5.36. The smallest absolute Gasteiger partial charge is 0.345 e. The molecule has 8 rings (SSSR count). The van der Waals surface area contributed by atoms with E-state index in [0.717, 1.165) is 66.0 Å². The van der Waals surface area contributed by atoms with Gasteiger partial charge in [0, 0.05) is 44.9 Å². The first-order valence-electron chi connectivity index (χ1n) is 13.0. The van der Waals surface area contributed by atoms with E-state index in [4.69, 9.17) is 4.98 Å². The Labute approximate surface area is 255 Å². The third-order valence-electron chi connectivity index (χ3n) is 7.16. The number of rotatable bonds is 4. The van der Waals surface area contributed by atoms with E-state index in [9.17, 15) is 0 Å². The van der Waals surface area contributed by atoms with Gasteiger partial charge in [0.1, 0.15) is 0 Å². The molecule has 4 nitrogen and oxygen atoms in total. The van der Waals surface area contributed by atoms with Gasteiger partial charge in [-0.2, -0.15) is 11.3 Å². The summed E-state index contributed by atoms with van der Waals surface area (Å²) in [4.78, 5) is 13.9. The number of benzene rings is 4. The number of thiazole rings is 1. The molecule has 0 atom stereocenters. The molecule has 0 fully saturated rings. The van der Waals surface area contributed by atoms with Crippen LogP contribution in [-0.4, -0.2) is 19.5 Å². The molecule has 0 aliphatic rings. The van der Waals surface area contributed by atoms with Crippen molar-refractivity contribution < 1.29 is 21.1 Å². The van der Waals surface area contributed by atoms with Crippen molar-refractivity contribution in [2.75, 3.05) is 0 Å². The van der Waals surface area contributed by atoms with Gasteiger partial charge in [-0.1, -0.05) is 53.9 Å². The summed E-state index contributed by atoms with van der Waals surface area (Å²) in [5, 5.41) is 3.24. The number of aromatic nitrogens is 4. The zero-order valence-electron chi connectivity index (χ0n) is 21.6. The first kappa shape index (κ1) is 25.5. The molecule has 8 aromatic rings. The molecule has 196 valence electrons. The van der Waals surface area contributed by atoms with Crippen LogP contribution in [0.1, 0.15) is 0 Å². The van der Waals surface area contributed by atoms with Crippen LogP contribution in [0.4, 0.5) is 0 Å². The molecule has 0 N–H and O–H groups in total. The molecule has 0 amide bonds. The van der Waals surface area contributed by atoms with Gasteiger partial charge in [0.05, 0.1) is 5.52 Å². The van der Waals surface area contributed by atoms with Gasteiger partial charge >= 0.3 is 21.1 Å². The van der Waals surface area contributed by atoms with Crippen molar-refractivity contribution >= 4 is 43.4 Å². The molecule has 41 heavy (non-hydrogen) atoms. The minimum atomic E-state index is 0. The zero-order chi connectivity index (χ0) is 26.5. The van der Waals surface area contributed by atoms with Crippen molar-refractivity contribution in [1.29, 1.82) is 0 Å². The second-order valence-electron chi connectivity index (χ2n) is 9.56. The van der Waals surface area contributed by atoms with Crippen LogP contribution in [0, 0.1) is 12.1 Å². The second kappa shape index (κ2) is 10.5. The molecule has 6 heteroatoms. The Kier molecular flexibility index (Phi) is 6.54. The van der Waals surface area contributed by atoms with Gasteiger partial charge in [-0.05, 0) is 46.5 Å². The molecule has 0 radical (unpaired) electrons. The van der Waals surface area contributed by atoms with E-state index >= 15 is 0 Å². The van der Waals surface area contributed by atoms with Gasteiger partial charge in [-0.15, -0.1) is 53.6 Å². The maximum absolute atomic E-state index is 4.92. The Morgan fingerprint density at radius 3 is 2.44 bits per heavy atom. The summed E-state index contributed by atoms with van der Waals surface area (Å²) in [5.74, 6) is 0. The topological polar surface area (TPSA) is 43.6 Å². The van der Waals surface area contributed by atoms with E-state index in [2.05, 4.69) is 99.5 Å². The van der Waals surface area contributed by atoms with Crippen LogP contribution >= 0.6 is 11.3 Å². The average Bonchev–Trinajstić information content (AvgIpc) is 3.61. The van der Waals surface area contributed by atoms with Crippen LogP contribution in [0.5, 0.6) is 0 Å². The number of hydrogen-bond donors (Lipinski definition) is 0. The molecule has 0 saturated heterocycles. The Morgan fingerprint density at radius 1 is 0.683 bits per heavy atom. The molecule has 0 aliphatic carbocycles. The Balaban J connectivity index is 0.00000276. The summed E-state index contributed by atoms with van der Waals surface area (Å²) < 4.78 is 3.44. The van der Waals surface area contributed by atoms with Crippen LogP contribution in [-0.2, 0) is 21.1 Å². The minimum absolute atomic E-state index is 0. The maximum Gasteiger partial charge on any atom is 2.00 e. The molecule has 4 heterocycles. The van der Waals surface area contributed by atoms with Crippen molar-refractivity contribution in [3.8, 4) is 38.6 Å². The molecule has 0 unspecified atom stereocenters. The van der Waals surface area contributed by atoms with E-state index in [0.29, 0.717) is 0 Å². The molecular formula is C35H20N4PtS. The third-order valence-corrected chi connectivity index (χ3v) is 8.23. The van der Waals surface area contributed by atoms with Crippen molar-refractivity contribution in [2.24, 2.45) is 0 Å². The van der Waals surface area contributed by atoms with Crippen molar-refractivity contribution in [3.05, 3.63) is 134 Å². The number of para-hydroxylation sites is 2. The van der Waals surface area contributed by atoms with Gasteiger partial charge in [0.15, 0.2) is 0 Å². The Morgan fingerprint density at radius 2 is 1.59 bits per heavy atom. The molecule has 4 aromatic carbocycles. The van der Waals surface area contributed by atoms with Crippen LogP contribution in [0.15, 0.2) is 122 Å². The summed E-state index contributed by atoms with van der Waals surface area (Å²) in [6.07, 6.45) is 5.54. The van der Waals surface area contributed by atoms with Gasteiger partial charge in [0.2, 0.25) is 0 Å². The largest absolute Gasteiger partial charge is 2.00 e. The molecule has 0 bridgehead atoms. The maximum atomic E-state index is 4.92. The van der Waals surface area contributed by atoms with Crippen molar-refractivity contribution in [1.82, 2.24) is 19.5 Å². The summed E-state index contributed by atoms with van der Waals surface area (Å²) >= 11 is 1.69. The molecule has 0 aliphatic heterocycles. The quantitative estimate of drug-likeness (QED) is 0.171. The van der Waals surface area contributed by atoms with Gasteiger partial charge < -0.3 is 9.55 Å².